The van der Waals surface area contributed by atoms with Crippen LogP contribution in [0.4, 0.5) is 5.69 Å². The first-order valence-corrected chi connectivity index (χ1v) is 10.00. The summed E-state index contributed by atoms with van der Waals surface area (Å²) in [6.07, 6.45) is 6.94. The topological polar surface area (TPSA) is 64.7 Å². The quantitative estimate of drug-likeness (QED) is 0.573. The first-order valence-electron chi connectivity index (χ1n) is 9.62. The number of nitrogens with zero attached hydrogens (tertiary/aromatic N) is 4. The largest absolute Gasteiger partial charge is 0.331 e. The second kappa shape index (κ2) is 9.09. The van der Waals surface area contributed by atoms with Gasteiger partial charge < -0.3 is 9.88 Å². The van der Waals surface area contributed by atoms with E-state index in [0.29, 0.717) is 11.1 Å². The lowest BCUT2D eigenvalue weighted by Gasteiger charge is -2.07. The van der Waals surface area contributed by atoms with Crippen molar-refractivity contribution in [2.24, 2.45) is 5.92 Å². The molecular weight excluding hydrogens is 386 g/mol. The zero-order valence-corrected chi connectivity index (χ0v) is 17.9. The Morgan fingerprint density at radius 1 is 1.24 bits per heavy atom. The fraction of sp³-hybridized carbons (Fsp3) is 0.318. The van der Waals surface area contributed by atoms with E-state index in [1.54, 1.807) is 17.0 Å². The van der Waals surface area contributed by atoms with Gasteiger partial charge in [0, 0.05) is 42.8 Å². The number of hydrogen-bond acceptors (Lipinski definition) is 3. The number of amides is 1. The number of rotatable bonds is 7. The van der Waals surface area contributed by atoms with E-state index < -0.39 is 0 Å². The number of halogens is 1. The van der Waals surface area contributed by atoms with Crippen LogP contribution in [0.1, 0.15) is 36.5 Å². The molecule has 0 aliphatic rings. The number of hydrogen-bond donors (Lipinski definition) is 1. The van der Waals surface area contributed by atoms with Gasteiger partial charge in [-0.1, -0.05) is 37.6 Å². The third-order valence-corrected chi connectivity index (χ3v) is 4.95. The molecule has 2 aromatic heterocycles. The van der Waals surface area contributed by atoms with Crippen molar-refractivity contribution in [3.63, 3.8) is 0 Å². The molecule has 3 rings (SSSR count). The van der Waals surface area contributed by atoms with Crippen LogP contribution in [0, 0.1) is 19.8 Å². The molecule has 1 amide bonds. The van der Waals surface area contributed by atoms with Crippen molar-refractivity contribution in [1.29, 1.82) is 0 Å². The van der Waals surface area contributed by atoms with Crippen LogP contribution in [0.2, 0.25) is 5.15 Å². The molecule has 0 fully saturated rings. The van der Waals surface area contributed by atoms with Gasteiger partial charge in [0.1, 0.15) is 11.0 Å². The SMILES string of the molecule is Cc1nn(CC(C)C)c(Cl)c1/C=C/C(=O)Nc1ccc(Cn2ccnc2C)cc1. The summed E-state index contributed by atoms with van der Waals surface area (Å²) in [5.74, 6) is 1.20. The molecule has 1 aromatic carbocycles. The molecule has 0 saturated carbocycles. The highest BCUT2D eigenvalue weighted by Gasteiger charge is 2.12. The van der Waals surface area contributed by atoms with Crippen LogP contribution in [0.3, 0.4) is 0 Å². The van der Waals surface area contributed by atoms with E-state index in [9.17, 15) is 4.79 Å². The summed E-state index contributed by atoms with van der Waals surface area (Å²) in [6.45, 7) is 9.57. The maximum absolute atomic E-state index is 12.3. The molecule has 3 aromatic rings. The van der Waals surface area contributed by atoms with E-state index in [2.05, 4.69) is 33.8 Å². The molecule has 1 N–H and O–H groups in total. The molecule has 2 heterocycles. The van der Waals surface area contributed by atoms with Crippen LogP contribution in [-0.2, 0) is 17.9 Å². The Bertz CT molecular complexity index is 1010. The molecule has 0 atom stereocenters. The number of nitrogens with one attached hydrogen (secondary N) is 1. The Kier molecular flexibility index (Phi) is 6.54. The fourth-order valence-electron chi connectivity index (χ4n) is 3.03. The molecule has 0 unspecified atom stereocenters. The summed E-state index contributed by atoms with van der Waals surface area (Å²) >= 11 is 6.42. The molecule has 0 bridgehead atoms. The van der Waals surface area contributed by atoms with Crippen molar-refractivity contribution in [2.75, 3.05) is 5.32 Å². The van der Waals surface area contributed by atoms with Crippen molar-refractivity contribution in [1.82, 2.24) is 19.3 Å². The Hall–Kier alpha value is -2.86. The normalized spacial score (nSPS) is 11.5. The van der Waals surface area contributed by atoms with Gasteiger partial charge in [0.15, 0.2) is 0 Å². The number of carbonyl (C=O) groups is 1. The number of carbonyl (C=O) groups excluding carboxylic acids is 1. The molecule has 0 aliphatic heterocycles. The van der Waals surface area contributed by atoms with Crippen LogP contribution < -0.4 is 5.32 Å². The van der Waals surface area contributed by atoms with Gasteiger partial charge in [-0.2, -0.15) is 5.10 Å². The van der Waals surface area contributed by atoms with Gasteiger partial charge in [0.05, 0.1) is 5.69 Å². The average Bonchev–Trinajstić information content (AvgIpc) is 3.18. The van der Waals surface area contributed by atoms with Gasteiger partial charge in [0.2, 0.25) is 5.91 Å². The minimum atomic E-state index is -0.213. The van der Waals surface area contributed by atoms with Crippen LogP contribution in [0.15, 0.2) is 42.7 Å². The minimum Gasteiger partial charge on any atom is -0.331 e. The Morgan fingerprint density at radius 3 is 2.59 bits per heavy atom. The highest BCUT2D eigenvalue weighted by Crippen LogP contribution is 2.22. The average molecular weight is 412 g/mol. The number of aryl methyl sites for hydroxylation is 2. The monoisotopic (exact) mass is 411 g/mol. The Labute approximate surface area is 176 Å². The predicted octanol–water partition coefficient (Wildman–Crippen LogP) is 4.71. The molecular formula is C22H26ClN5O. The predicted molar refractivity (Wildman–Crippen MR) is 117 cm³/mol. The summed E-state index contributed by atoms with van der Waals surface area (Å²) in [4.78, 5) is 16.5. The van der Waals surface area contributed by atoms with Crippen LogP contribution in [-0.4, -0.2) is 25.2 Å². The smallest absolute Gasteiger partial charge is 0.248 e. The summed E-state index contributed by atoms with van der Waals surface area (Å²) < 4.78 is 3.85. The van der Waals surface area contributed by atoms with Gasteiger partial charge in [-0.25, -0.2) is 4.98 Å². The molecule has 0 aliphatic carbocycles. The van der Waals surface area contributed by atoms with E-state index in [-0.39, 0.29) is 5.91 Å². The van der Waals surface area contributed by atoms with Gasteiger partial charge >= 0.3 is 0 Å². The van der Waals surface area contributed by atoms with Crippen LogP contribution in [0.5, 0.6) is 0 Å². The highest BCUT2D eigenvalue weighted by atomic mass is 35.5. The summed E-state index contributed by atoms with van der Waals surface area (Å²) in [5, 5.41) is 7.88. The maximum atomic E-state index is 12.3. The summed E-state index contributed by atoms with van der Waals surface area (Å²) in [7, 11) is 0. The van der Waals surface area contributed by atoms with Crippen molar-refractivity contribution < 1.29 is 4.79 Å². The molecule has 7 heteroatoms. The molecule has 29 heavy (non-hydrogen) atoms. The van der Waals surface area contributed by atoms with Gasteiger partial charge in [-0.05, 0) is 43.5 Å². The second-order valence-electron chi connectivity index (χ2n) is 7.49. The number of anilines is 1. The highest BCUT2D eigenvalue weighted by molar-refractivity contribution is 6.31. The van der Waals surface area contributed by atoms with Crippen molar-refractivity contribution in [3.8, 4) is 0 Å². The lowest BCUT2D eigenvalue weighted by Crippen LogP contribution is -2.08. The van der Waals surface area contributed by atoms with Gasteiger partial charge in [0.25, 0.3) is 0 Å². The Morgan fingerprint density at radius 2 is 1.97 bits per heavy atom. The number of benzene rings is 1. The fourth-order valence-corrected chi connectivity index (χ4v) is 3.33. The van der Waals surface area contributed by atoms with Crippen LogP contribution in [0.25, 0.3) is 6.08 Å². The standard InChI is InChI=1S/C22H26ClN5O/c1-15(2)13-28-22(23)20(16(3)26-28)9-10-21(29)25-19-7-5-18(6-8-19)14-27-12-11-24-17(27)4/h5-12,15H,13-14H2,1-4H3,(H,25,29)/b10-9+. The molecule has 0 spiro atoms. The summed E-state index contributed by atoms with van der Waals surface area (Å²) in [5.41, 5.74) is 3.45. The van der Waals surface area contributed by atoms with Crippen molar-refractivity contribution >= 4 is 29.3 Å². The third-order valence-electron chi connectivity index (χ3n) is 4.55. The van der Waals surface area contributed by atoms with E-state index >= 15 is 0 Å². The molecule has 152 valence electrons. The molecule has 0 saturated heterocycles. The molecule has 6 nitrogen and oxygen atoms in total. The van der Waals surface area contributed by atoms with Gasteiger partial charge in [-0.15, -0.1) is 0 Å². The van der Waals surface area contributed by atoms with Gasteiger partial charge in [-0.3, -0.25) is 9.48 Å². The van der Waals surface area contributed by atoms with E-state index in [1.807, 2.05) is 44.3 Å². The summed E-state index contributed by atoms with van der Waals surface area (Å²) in [6, 6.07) is 7.78. The van der Waals surface area contributed by atoms with E-state index in [0.717, 1.165) is 41.4 Å². The Balaban J connectivity index is 1.62. The van der Waals surface area contributed by atoms with Crippen molar-refractivity contribution in [2.45, 2.75) is 40.8 Å². The first kappa shape index (κ1) is 20.9. The molecule has 0 radical (unpaired) electrons. The first-order chi connectivity index (χ1) is 13.8. The van der Waals surface area contributed by atoms with Crippen molar-refractivity contribution in [3.05, 3.63) is 70.5 Å². The second-order valence-corrected chi connectivity index (χ2v) is 7.85. The van der Waals surface area contributed by atoms with E-state index in [1.165, 1.54) is 6.08 Å². The number of aromatic nitrogens is 4. The lowest BCUT2D eigenvalue weighted by atomic mass is 10.2. The van der Waals surface area contributed by atoms with Crippen LogP contribution >= 0.6 is 11.6 Å². The number of imidazole rings is 1. The lowest BCUT2D eigenvalue weighted by molar-refractivity contribution is -0.111. The maximum Gasteiger partial charge on any atom is 0.248 e. The minimum absolute atomic E-state index is 0.213. The zero-order chi connectivity index (χ0) is 21.0. The third kappa shape index (κ3) is 5.35. The zero-order valence-electron chi connectivity index (χ0n) is 17.2. The van der Waals surface area contributed by atoms with E-state index in [4.69, 9.17) is 11.6 Å².